The molecule has 0 saturated heterocycles. The fourth-order valence-corrected chi connectivity index (χ4v) is 3.71. The number of hydrogen-bond acceptors (Lipinski definition) is 4. The van der Waals surface area contributed by atoms with Gasteiger partial charge in [-0.3, -0.25) is 0 Å². The molecule has 2 rings (SSSR count). The maximum atomic E-state index is 12.5. The summed E-state index contributed by atoms with van der Waals surface area (Å²) in [6.45, 7) is -0.0692. The number of sulfonamides is 1. The monoisotopic (exact) mass is 437 g/mol. The number of halogens is 1. The first kappa shape index (κ1) is 20.6. The van der Waals surface area contributed by atoms with Crippen LogP contribution < -0.4 is 4.72 Å². The van der Waals surface area contributed by atoms with E-state index in [0.29, 0.717) is 0 Å². The summed E-state index contributed by atoms with van der Waals surface area (Å²) in [6.07, 6.45) is 0.204. The average molecular weight is 438 g/mol. The number of rotatable bonds is 7. The van der Waals surface area contributed by atoms with Gasteiger partial charge in [0.15, 0.2) is 0 Å². The molecular formula is C19H20BrNO4S. The van der Waals surface area contributed by atoms with Gasteiger partial charge in [0, 0.05) is 18.0 Å². The first-order valence-electron chi connectivity index (χ1n) is 7.90. The topological polar surface area (TPSA) is 75.6 Å². The molecule has 2 aromatic carbocycles. The number of methoxy groups -OCH3 is 1. The Labute approximate surface area is 162 Å². The van der Waals surface area contributed by atoms with Gasteiger partial charge in [-0.05, 0) is 35.4 Å². The molecule has 0 aromatic heterocycles. The smallest absolute Gasteiger partial charge is 0.240 e. The minimum atomic E-state index is -3.74. The summed E-state index contributed by atoms with van der Waals surface area (Å²) in [7, 11) is -2.21. The molecular weight excluding hydrogens is 418 g/mol. The Kier molecular flexibility index (Phi) is 7.82. The zero-order valence-corrected chi connectivity index (χ0v) is 16.7. The van der Waals surface area contributed by atoms with Crippen molar-refractivity contribution in [3.63, 3.8) is 0 Å². The molecule has 0 spiro atoms. The molecule has 1 unspecified atom stereocenters. The third-order valence-corrected chi connectivity index (χ3v) is 5.64. The van der Waals surface area contributed by atoms with Crippen molar-refractivity contribution >= 4 is 26.0 Å². The fraction of sp³-hybridized carbons (Fsp3) is 0.263. The van der Waals surface area contributed by atoms with Gasteiger partial charge in [-0.1, -0.05) is 52.0 Å². The zero-order chi connectivity index (χ0) is 19.0. The molecule has 0 amide bonds. The van der Waals surface area contributed by atoms with E-state index in [2.05, 4.69) is 32.5 Å². The second kappa shape index (κ2) is 9.86. The van der Waals surface area contributed by atoms with Crippen LogP contribution in [0.25, 0.3) is 11.1 Å². The van der Waals surface area contributed by atoms with Gasteiger partial charge in [0.25, 0.3) is 0 Å². The molecule has 0 radical (unpaired) electrons. The quantitative estimate of drug-likeness (QED) is 0.652. The molecule has 0 heterocycles. The summed E-state index contributed by atoms with van der Waals surface area (Å²) in [4.78, 5) is 0.140. The Morgan fingerprint density at radius 2 is 1.65 bits per heavy atom. The number of aliphatic hydroxyl groups is 1. The van der Waals surface area contributed by atoms with Gasteiger partial charge >= 0.3 is 0 Å². The molecule has 0 bridgehead atoms. The SMILES string of the molecule is COCC#CCC(CO)NS(=O)(=O)c1ccc(-c2ccc(Br)cc2)cc1. The number of ether oxygens (including phenoxy) is 1. The van der Waals surface area contributed by atoms with Gasteiger partial charge in [0.2, 0.25) is 10.0 Å². The van der Waals surface area contributed by atoms with Crippen molar-refractivity contribution < 1.29 is 18.3 Å². The molecule has 0 fully saturated rings. The second-order valence-corrected chi connectivity index (χ2v) is 8.15. The van der Waals surface area contributed by atoms with E-state index in [1.807, 2.05) is 24.3 Å². The van der Waals surface area contributed by atoms with Crippen LogP contribution in [-0.4, -0.2) is 39.9 Å². The van der Waals surface area contributed by atoms with E-state index >= 15 is 0 Å². The lowest BCUT2D eigenvalue weighted by Gasteiger charge is -2.14. The molecule has 7 heteroatoms. The van der Waals surface area contributed by atoms with Crippen LogP contribution in [0.15, 0.2) is 57.9 Å². The van der Waals surface area contributed by atoms with Crippen molar-refractivity contribution in [2.75, 3.05) is 20.3 Å². The van der Waals surface area contributed by atoms with Crippen molar-refractivity contribution in [1.29, 1.82) is 0 Å². The van der Waals surface area contributed by atoms with E-state index in [0.717, 1.165) is 15.6 Å². The van der Waals surface area contributed by atoms with Crippen molar-refractivity contribution in [2.24, 2.45) is 0 Å². The normalized spacial score (nSPS) is 12.3. The van der Waals surface area contributed by atoms with Crippen LogP contribution in [0.3, 0.4) is 0 Å². The summed E-state index contributed by atoms with van der Waals surface area (Å²) in [6, 6.07) is 13.7. The highest BCUT2D eigenvalue weighted by molar-refractivity contribution is 9.10. The van der Waals surface area contributed by atoms with Gasteiger partial charge in [0.05, 0.1) is 17.5 Å². The van der Waals surface area contributed by atoms with Gasteiger partial charge in [-0.25, -0.2) is 13.1 Å². The fourth-order valence-electron chi connectivity index (χ4n) is 2.22. The largest absolute Gasteiger partial charge is 0.395 e. The lowest BCUT2D eigenvalue weighted by molar-refractivity contribution is 0.239. The number of nitrogens with one attached hydrogen (secondary N) is 1. The van der Waals surface area contributed by atoms with Crippen LogP contribution in [0, 0.1) is 11.8 Å². The summed E-state index contributed by atoms with van der Waals surface area (Å²) >= 11 is 3.39. The lowest BCUT2D eigenvalue weighted by atomic mass is 10.1. The summed E-state index contributed by atoms with van der Waals surface area (Å²) in [5, 5.41) is 9.38. The Hall–Kier alpha value is -1.69. The molecule has 138 valence electrons. The van der Waals surface area contributed by atoms with Crippen LogP contribution in [0.1, 0.15) is 6.42 Å². The number of hydrogen-bond donors (Lipinski definition) is 2. The van der Waals surface area contributed by atoms with E-state index in [-0.39, 0.29) is 24.5 Å². The maximum Gasteiger partial charge on any atom is 0.240 e. The van der Waals surface area contributed by atoms with Gasteiger partial charge in [-0.15, -0.1) is 0 Å². The minimum Gasteiger partial charge on any atom is -0.395 e. The van der Waals surface area contributed by atoms with Crippen molar-refractivity contribution in [3.05, 3.63) is 53.0 Å². The van der Waals surface area contributed by atoms with E-state index in [1.165, 1.54) is 7.11 Å². The third-order valence-electron chi connectivity index (χ3n) is 3.57. The highest BCUT2D eigenvalue weighted by Crippen LogP contribution is 2.23. The van der Waals surface area contributed by atoms with Gasteiger partial charge < -0.3 is 9.84 Å². The molecule has 26 heavy (non-hydrogen) atoms. The number of aliphatic hydroxyl groups excluding tert-OH is 1. The average Bonchev–Trinajstić information content (AvgIpc) is 2.65. The van der Waals surface area contributed by atoms with E-state index < -0.39 is 16.1 Å². The lowest BCUT2D eigenvalue weighted by Crippen LogP contribution is -2.37. The van der Waals surface area contributed by atoms with Crippen LogP contribution in [-0.2, 0) is 14.8 Å². The van der Waals surface area contributed by atoms with Crippen LogP contribution >= 0.6 is 15.9 Å². The van der Waals surface area contributed by atoms with Gasteiger partial charge in [-0.2, -0.15) is 0 Å². The minimum absolute atomic E-state index is 0.140. The molecule has 0 aliphatic rings. The van der Waals surface area contributed by atoms with E-state index in [4.69, 9.17) is 4.74 Å². The predicted molar refractivity (Wildman–Crippen MR) is 105 cm³/mol. The maximum absolute atomic E-state index is 12.5. The Morgan fingerprint density at radius 3 is 2.19 bits per heavy atom. The molecule has 2 aromatic rings. The second-order valence-electron chi connectivity index (χ2n) is 5.52. The molecule has 2 N–H and O–H groups in total. The van der Waals surface area contributed by atoms with Crippen molar-refractivity contribution in [3.8, 4) is 23.0 Å². The van der Waals surface area contributed by atoms with Gasteiger partial charge in [0.1, 0.15) is 6.61 Å². The van der Waals surface area contributed by atoms with Crippen LogP contribution in [0.2, 0.25) is 0 Å². The first-order valence-corrected chi connectivity index (χ1v) is 10.2. The van der Waals surface area contributed by atoms with Crippen LogP contribution in [0.4, 0.5) is 0 Å². The van der Waals surface area contributed by atoms with Crippen molar-refractivity contribution in [2.45, 2.75) is 17.4 Å². The molecule has 1 atom stereocenters. The Morgan fingerprint density at radius 1 is 1.08 bits per heavy atom. The Bertz CT molecular complexity index is 868. The summed E-state index contributed by atoms with van der Waals surface area (Å²) in [5.41, 5.74) is 1.91. The van der Waals surface area contributed by atoms with E-state index in [9.17, 15) is 13.5 Å². The summed E-state index contributed by atoms with van der Waals surface area (Å²) < 4.78 is 33.2. The summed E-state index contributed by atoms with van der Waals surface area (Å²) in [5.74, 6) is 5.51. The van der Waals surface area contributed by atoms with E-state index in [1.54, 1.807) is 24.3 Å². The highest BCUT2D eigenvalue weighted by Gasteiger charge is 2.19. The molecule has 0 aliphatic carbocycles. The third kappa shape index (κ3) is 5.94. The standard InChI is InChI=1S/C19H20BrNO4S/c1-25-13-3-2-4-18(14-22)21-26(23,24)19-11-7-16(8-12-19)15-5-9-17(20)10-6-15/h5-12,18,21-22H,4,13-14H2,1H3. The number of benzene rings is 2. The van der Waals surface area contributed by atoms with Crippen molar-refractivity contribution in [1.82, 2.24) is 4.72 Å². The predicted octanol–water partition coefficient (Wildman–Crippen LogP) is 2.80. The first-order chi connectivity index (χ1) is 12.5. The molecule has 0 aliphatic heterocycles. The van der Waals surface area contributed by atoms with Crippen LogP contribution in [0.5, 0.6) is 0 Å². The highest BCUT2D eigenvalue weighted by atomic mass is 79.9. The zero-order valence-electron chi connectivity index (χ0n) is 14.3. The Balaban J connectivity index is 2.10. The molecule has 5 nitrogen and oxygen atoms in total. The molecule has 0 saturated carbocycles.